The number of β-amino-alcohol motifs (C(OH)–C–C–N with tert-alkyl or cyclic N) is 1. The number of methoxy groups -OCH3 is 1. The molecule has 0 saturated carbocycles. The topological polar surface area (TPSA) is 100 Å². The van der Waals surface area contributed by atoms with Crippen LogP contribution in [0.4, 0.5) is 0 Å². The molecule has 3 heterocycles. The van der Waals surface area contributed by atoms with E-state index in [1.54, 1.807) is 16.7 Å². The van der Waals surface area contributed by atoms with E-state index in [-0.39, 0.29) is 34.2 Å². The standard InChI is InChI=1S/C19H26N2O6/c1-13(22)10-21-12-19(4-3-17(21)24)5-7-20(8-6-19)18(25)15-9-14(23)16(26-2)11-27-15/h9,11,13,22H,3-8,10,12H2,1-2H3/t13-/m1/s1. The van der Waals surface area contributed by atoms with Gasteiger partial charge in [-0.1, -0.05) is 0 Å². The second-order valence-corrected chi connectivity index (χ2v) is 7.59. The number of aliphatic hydroxyl groups is 1. The van der Waals surface area contributed by atoms with E-state index >= 15 is 0 Å². The Morgan fingerprint density at radius 2 is 2.04 bits per heavy atom. The Hall–Kier alpha value is -2.35. The van der Waals surface area contributed by atoms with Crippen molar-refractivity contribution < 1.29 is 23.8 Å². The number of ether oxygens (including phenoxy) is 1. The molecule has 3 rings (SSSR count). The lowest BCUT2D eigenvalue weighted by atomic mass is 9.72. The fraction of sp³-hybridized carbons (Fsp3) is 0.632. The average Bonchev–Trinajstić information content (AvgIpc) is 2.64. The first-order chi connectivity index (χ1) is 12.8. The lowest BCUT2D eigenvalue weighted by molar-refractivity contribution is -0.140. The van der Waals surface area contributed by atoms with Crippen LogP contribution < -0.4 is 10.2 Å². The molecule has 8 heteroatoms. The Kier molecular flexibility index (Phi) is 5.55. The van der Waals surface area contributed by atoms with E-state index in [0.717, 1.165) is 31.6 Å². The van der Waals surface area contributed by atoms with Crippen molar-refractivity contribution in [1.29, 1.82) is 0 Å². The molecule has 1 spiro atoms. The number of hydrogen-bond donors (Lipinski definition) is 1. The van der Waals surface area contributed by atoms with E-state index in [2.05, 4.69) is 0 Å². The largest absolute Gasteiger partial charge is 0.490 e. The molecule has 0 aromatic carbocycles. The zero-order chi connectivity index (χ0) is 19.6. The molecule has 1 aromatic rings. The van der Waals surface area contributed by atoms with Crippen molar-refractivity contribution in [2.24, 2.45) is 5.41 Å². The summed E-state index contributed by atoms with van der Waals surface area (Å²) >= 11 is 0. The van der Waals surface area contributed by atoms with Crippen molar-refractivity contribution in [2.45, 2.75) is 38.7 Å². The van der Waals surface area contributed by atoms with E-state index in [0.29, 0.717) is 32.6 Å². The van der Waals surface area contributed by atoms with Crippen LogP contribution in [0.2, 0.25) is 0 Å². The lowest BCUT2D eigenvalue weighted by Crippen LogP contribution is -2.53. The van der Waals surface area contributed by atoms with E-state index < -0.39 is 6.10 Å². The van der Waals surface area contributed by atoms with Crippen molar-refractivity contribution in [2.75, 3.05) is 33.3 Å². The van der Waals surface area contributed by atoms with Gasteiger partial charge >= 0.3 is 0 Å². The number of rotatable bonds is 4. The van der Waals surface area contributed by atoms with Crippen molar-refractivity contribution in [3.05, 3.63) is 28.3 Å². The highest BCUT2D eigenvalue weighted by atomic mass is 16.5. The van der Waals surface area contributed by atoms with Crippen molar-refractivity contribution in [3.8, 4) is 5.75 Å². The van der Waals surface area contributed by atoms with Gasteiger partial charge in [-0.3, -0.25) is 14.4 Å². The molecule has 1 atom stereocenters. The molecule has 2 saturated heterocycles. The first-order valence-electron chi connectivity index (χ1n) is 9.25. The average molecular weight is 378 g/mol. The summed E-state index contributed by atoms with van der Waals surface area (Å²) in [5.41, 5.74) is -0.402. The molecule has 27 heavy (non-hydrogen) atoms. The van der Waals surface area contributed by atoms with Gasteiger partial charge in [0, 0.05) is 38.7 Å². The monoisotopic (exact) mass is 378 g/mol. The van der Waals surface area contributed by atoms with Gasteiger partial charge in [0.1, 0.15) is 6.26 Å². The molecule has 8 nitrogen and oxygen atoms in total. The number of hydrogen-bond acceptors (Lipinski definition) is 6. The van der Waals surface area contributed by atoms with E-state index in [9.17, 15) is 19.5 Å². The Bertz CT molecular complexity index is 764. The highest BCUT2D eigenvalue weighted by Crippen LogP contribution is 2.40. The molecule has 0 radical (unpaired) electrons. The predicted molar refractivity (Wildman–Crippen MR) is 96.6 cm³/mol. The maximum Gasteiger partial charge on any atom is 0.289 e. The third-order valence-electron chi connectivity index (χ3n) is 5.57. The van der Waals surface area contributed by atoms with E-state index in [1.165, 1.54) is 7.11 Å². The number of carbonyl (C=O) groups excluding carboxylic acids is 2. The summed E-state index contributed by atoms with van der Waals surface area (Å²) in [5, 5.41) is 9.62. The molecule has 2 fully saturated rings. The summed E-state index contributed by atoms with van der Waals surface area (Å²) < 4.78 is 10.1. The second-order valence-electron chi connectivity index (χ2n) is 7.59. The van der Waals surface area contributed by atoms with Gasteiger partial charge < -0.3 is 24.1 Å². The van der Waals surface area contributed by atoms with Crippen LogP contribution >= 0.6 is 0 Å². The Labute approximate surface area is 157 Å². The van der Waals surface area contributed by atoms with Gasteiger partial charge in [-0.05, 0) is 31.6 Å². The molecule has 2 amide bonds. The van der Waals surface area contributed by atoms with Crippen LogP contribution in [0.3, 0.4) is 0 Å². The fourth-order valence-electron chi connectivity index (χ4n) is 4.00. The minimum absolute atomic E-state index is 0.00584. The van der Waals surface area contributed by atoms with Crippen LogP contribution in [0.25, 0.3) is 0 Å². The van der Waals surface area contributed by atoms with Crippen LogP contribution in [-0.2, 0) is 4.79 Å². The minimum atomic E-state index is -0.552. The van der Waals surface area contributed by atoms with Gasteiger partial charge in [0.25, 0.3) is 5.91 Å². The summed E-state index contributed by atoms with van der Waals surface area (Å²) in [4.78, 5) is 40.0. The SMILES string of the molecule is COc1coc(C(=O)N2CCC3(CCC(=O)N(C[C@@H](C)O)C3)CC2)cc1=O. The quantitative estimate of drug-likeness (QED) is 0.835. The van der Waals surface area contributed by atoms with Crippen molar-refractivity contribution >= 4 is 11.8 Å². The third kappa shape index (κ3) is 4.16. The van der Waals surface area contributed by atoms with Gasteiger partial charge in [-0.25, -0.2) is 0 Å². The van der Waals surface area contributed by atoms with Crippen LogP contribution in [0.1, 0.15) is 43.2 Å². The maximum absolute atomic E-state index is 12.6. The molecular weight excluding hydrogens is 352 g/mol. The molecule has 1 aromatic heterocycles. The number of carbonyl (C=O) groups is 2. The maximum atomic E-state index is 12.6. The highest BCUT2D eigenvalue weighted by molar-refractivity contribution is 5.91. The zero-order valence-electron chi connectivity index (χ0n) is 15.8. The summed E-state index contributed by atoms with van der Waals surface area (Å²) in [6, 6.07) is 1.16. The van der Waals surface area contributed by atoms with Gasteiger partial charge in [0.05, 0.1) is 13.2 Å². The van der Waals surface area contributed by atoms with Gasteiger partial charge in [0.15, 0.2) is 5.76 Å². The normalized spacial score (nSPS) is 20.6. The van der Waals surface area contributed by atoms with Crippen LogP contribution in [0.5, 0.6) is 5.75 Å². The Morgan fingerprint density at radius 1 is 1.33 bits per heavy atom. The molecular formula is C19H26N2O6. The molecule has 0 unspecified atom stereocenters. The summed E-state index contributed by atoms with van der Waals surface area (Å²) in [6.45, 7) is 3.74. The van der Waals surface area contributed by atoms with Crippen LogP contribution in [0, 0.1) is 5.41 Å². The first-order valence-corrected chi connectivity index (χ1v) is 9.25. The Balaban J connectivity index is 1.64. The number of likely N-dealkylation sites (tertiary alicyclic amines) is 2. The smallest absolute Gasteiger partial charge is 0.289 e. The molecule has 2 aliphatic rings. The minimum Gasteiger partial charge on any atom is -0.490 e. The molecule has 1 N–H and O–H groups in total. The highest BCUT2D eigenvalue weighted by Gasteiger charge is 2.42. The fourth-order valence-corrected chi connectivity index (χ4v) is 4.00. The Morgan fingerprint density at radius 3 is 2.63 bits per heavy atom. The molecule has 0 bridgehead atoms. The summed E-state index contributed by atoms with van der Waals surface area (Å²) in [7, 11) is 1.37. The molecule has 2 aliphatic heterocycles. The third-order valence-corrected chi connectivity index (χ3v) is 5.57. The summed E-state index contributed by atoms with van der Waals surface area (Å²) in [6.07, 6.45) is 3.45. The van der Waals surface area contributed by atoms with E-state index in [4.69, 9.17) is 9.15 Å². The first kappa shape index (κ1) is 19.4. The second kappa shape index (κ2) is 7.72. The number of amides is 2. The van der Waals surface area contributed by atoms with E-state index in [1.807, 2.05) is 0 Å². The van der Waals surface area contributed by atoms with Crippen molar-refractivity contribution in [1.82, 2.24) is 9.80 Å². The van der Waals surface area contributed by atoms with Crippen LogP contribution in [-0.4, -0.2) is 66.1 Å². The van der Waals surface area contributed by atoms with Gasteiger partial charge in [-0.15, -0.1) is 0 Å². The van der Waals surface area contributed by atoms with Gasteiger partial charge in [0.2, 0.25) is 17.1 Å². The number of nitrogens with zero attached hydrogens (tertiary/aromatic N) is 2. The molecule has 148 valence electrons. The predicted octanol–water partition coefficient (Wildman–Crippen LogP) is 0.874. The van der Waals surface area contributed by atoms with Crippen LogP contribution in [0.15, 0.2) is 21.5 Å². The lowest BCUT2D eigenvalue weighted by Gasteiger charge is -2.47. The molecule has 0 aliphatic carbocycles. The van der Waals surface area contributed by atoms with Gasteiger partial charge in [-0.2, -0.15) is 0 Å². The van der Waals surface area contributed by atoms with Crippen molar-refractivity contribution in [3.63, 3.8) is 0 Å². The zero-order valence-corrected chi connectivity index (χ0v) is 15.8. The summed E-state index contributed by atoms with van der Waals surface area (Å²) in [5.74, 6) is -0.155. The number of aliphatic hydroxyl groups excluding tert-OH is 1. The number of piperidine rings is 2.